The summed E-state index contributed by atoms with van der Waals surface area (Å²) in [6.45, 7) is 9.63. The fraction of sp³-hybridized carbons (Fsp3) is 0.579. The maximum Gasteiger partial charge on any atom is 0.00401 e. The maximum atomic E-state index is 3.59. The summed E-state index contributed by atoms with van der Waals surface area (Å²) in [6.07, 6.45) is 8.51. The van der Waals surface area contributed by atoms with Crippen LogP contribution in [0.5, 0.6) is 0 Å². The van der Waals surface area contributed by atoms with E-state index in [2.05, 4.69) is 67.9 Å². The van der Waals surface area contributed by atoms with Gasteiger partial charge in [-0.05, 0) is 52.3 Å². The van der Waals surface area contributed by atoms with E-state index < -0.39 is 0 Å². The van der Waals surface area contributed by atoms with Gasteiger partial charge in [0.1, 0.15) is 0 Å². The summed E-state index contributed by atoms with van der Waals surface area (Å²) < 4.78 is 0. The summed E-state index contributed by atoms with van der Waals surface area (Å²) in [7, 11) is 0. The third kappa shape index (κ3) is 2.19. The zero-order chi connectivity index (χ0) is 14.5. The highest BCUT2D eigenvalue weighted by molar-refractivity contribution is 9.09. The lowest BCUT2D eigenvalue weighted by Gasteiger charge is -2.42. The molecule has 1 unspecified atom stereocenters. The minimum atomic E-state index is 0.321. The second kappa shape index (κ2) is 4.73. The molecule has 0 fully saturated rings. The predicted molar refractivity (Wildman–Crippen MR) is 91.9 cm³/mol. The molecule has 0 amide bonds. The Morgan fingerprint density at radius 2 is 1.65 bits per heavy atom. The molecular weight excluding hydrogens is 308 g/mol. The van der Waals surface area contributed by atoms with Gasteiger partial charge in [0.05, 0.1) is 0 Å². The first-order valence-corrected chi connectivity index (χ1v) is 8.90. The van der Waals surface area contributed by atoms with Gasteiger partial charge in [0.15, 0.2) is 0 Å². The first-order chi connectivity index (χ1) is 9.35. The van der Waals surface area contributed by atoms with Crippen molar-refractivity contribution in [2.75, 3.05) is 5.33 Å². The van der Waals surface area contributed by atoms with Crippen LogP contribution < -0.4 is 0 Å². The van der Waals surface area contributed by atoms with Gasteiger partial charge in [-0.3, -0.25) is 0 Å². The summed E-state index contributed by atoms with van der Waals surface area (Å²) in [6, 6.07) is 5.01. The predicted octanol–water partition coefficient (Wildman–Crippen LogP) is 5.93. The highest BCUT2D eigenvalue weighted by Crippen LogP contribution is 2.48. The average Bonchev–Trinajstić information content (AvgIpc) is 2.77. The zero-order valence-electron chi connectivity index (χ0n) is 13.1. The normalized spacial score (nSPS) is 25.4. The standard InChI is InChI=1S/C19H25Br/c1-18(2)8-9-19(3,4)17-12-15-13(7-10-20)5-6-14(15)11-16(17)18/h5-6,11-13H,7-10H2,1-4H3. The molecule has 0 nitrogen and oxygen atoms in total. The van der Waals surface area contributed by atoms with Crippen molar-refractivity contribution in [1.29, 1.82) is 0 Å². The van der Waals surface area contributed by atoms with E-state index in [1.165, 1.54) is 24.8 Å². The highest BCUT2D eigenvalue weighted by atomic mass is 79.9. The van der Waals surface area contributed by atoms with Crippen LogP contribution >= 0.6 is 15.9 Å². The number of hydrogen-bond donors (Lipinski definition) is 0. The highest BCUT2D eigenvalue weighted by Gasteiger charge is 2.38. The molecule has 0 saturated carbocycles. The number of allylic oxidation sites excluding steroid dienone is 1. The molecule has 1 aromatic rings. The Bertz CT molecular complexity index is 563. The van der Waals surface area contributed by atoms with E-state index in [1.54, 1.807) is 16.7 Å². The van der Waals surface area contributed by atoms with Gasteiger partial charge < -0.3 is 0 Å². The van der Waals surface area contributed by atoms with Crippen molar-refractivity contribution in [2.24, 2.45) is 0 Å². The quantitative estimate of drug-likeness (QED) is 0.588. The molecule has 3 rings (SSSR count). The second-order valence-electron chi connectivity index (χ2n) is 7.74. The molecule has 1 atom stereocenters. The molecule has 20 heavy (non-hydrogen) atoms. The fourth-order valence-electron chi connectivity index (χ4n) is 3.81. The van der Waals surface area contributed by atoms with Crippen LogP contribution in [0.1, 0.15) is 75.1 Å². The summed E-state index contributed by atoms with van der Waals surface area (Å²) in [5.41, 5.74) is 6.82. The van der Waals surface area contributed by atoms with E-state index in [0.717, 1.165) is 5.33 Å². The number of hydrogen-bond acceptors (Lipinski definition) is 0. The summed E-state index contributed by atoms with van der Waals surface area (Å²) in [4.78, 5) is 0. The maximum absolute atomic E-state index is 3.59. The molecule has 0 spiro atoms. The van der Waals surface area contributed by atoms with Crippen molar-refractivity contribution < 1.29 is 0 Å². The monoisotopic (exact) mass is 332 g/mol. The van der Waals surface area contributed by atoms with E-state index in [4.69, 9.17) is 0 Å². The fourth-order valence-corrected chi connectivity index (χ4v) is 4.30. The lowest BCUT2D eigenvalue weighted by atomic mass is 9.62. The number of fused-ring (bicyclic) bond motifs is 2. The van der Waals surface area contributed by atoms with Crippen LogP contribution in [-0.2, 0) is 10.8 Å². The van der Waals surface area contributed by atoms with Crippen molar-refractivity contribution in [1.82, 2.24) is 0 Å². The molecule has 0 saturated heterocycles. The molecule has 1 aromatic carbocycles. The molecule has 0 bridgehead atoms. The molecule has 108 valence electrons. The molecular formula is C19H25Br. The van der Waals surface area contributed by atoms with Crippen LogP contribution in [0.2, 0.25) is 0 Å². The van der Waals surface area contributed by atoms with E-state index in [9.17, 15) is 0 Å². The Balaban J connectivity index is 2.15. The van der Waals surface area contributed by atoms with Gasteiger partial charge in [-0.1, -0.05) is 67.9 Å². The summed E-state index contributed by atoms with van der Waals surface area (Å²) >= 11 is 3.59. The van der Waals surface area contributed by atoms with Gasteiger partial charge in [0.2, 0.25) is 0 Å². The summed E-state index contributed by atoms with van der Waals surface area (Å²) in [5, 5.41) is 1.08. The van der Waals surface area contributed by atoms with Gasteiger partial charge in [0, 0.05) is 11.2 Å². The molecule has 2 aliphatic carbocycles. The molecule has 0 N–H and O–H groups in total. The average molecular weight is 333 g/mol. The largest absolute Gasteiger partial charge is 0.0928 e. The molecule has 0 radical (unpaired) electrons. The molecule has 0 aromatic heterocycles. The van der Waals surface area contributed by atoms with E-state index in [0.29, 0.717) is 16.7 Å². The van der Waals surface area contributed by atoms with Crippen molar-refractivity contribution in [3.8, 4) is 0 Å². The minimum Gasteiger partial charge on any atom is -0.0928 e. The van der Waals surface area contributed by atoms with E-state index >= 15 is 0 Å². The van der Waals surface area contributed by atoms with Crippen molar-refractivity contribution in [3.63, 3.8) is 0 Å². The Labute approximate surface area is 131 Å². The third-order valence-corrected chi connectivity index (χ3v) is 5.84. The molecule has 2 aliphatic rings. The van der Waals surface area contributed by atoms with Crippen LogP contribution in [0.4, 0.5) is 0 Å². The zero-order valence-corrected chi connectivity index (χ0v) is 14.7. The summed E-state index contributed by atoms with van der Waals surface area (Å²) in [5.74, 6) is 0.607. The lowest BCUT2D eigenvalue weighted by Crippen LogP contribution is -2.34. The Kier molecular flexibility index (Phi) is 3.40. The van der Waals surface area contributed by atoms with Crippen LogP contribution in [0, 0.1) is 0 Å². The van der Waals surface area contributed by atoms with Gasteiger partial charge >= 0.3 is 0 Å². The van der Waals surface area contributed by atoms with Gasteiger partial charge in [-0.2, -0.15) is 0 Å². The van der Waals surface area contributed by atoms with Gasteiger partial charge in [0.25, 0.3) is 0 Å². The number of benzene rings is 1. The Morgan fingerprint density at radius 3 is 2.25 bits per heavy atom. The van der Waals surface area contributed by atoms with E-state index in [1.807, 2.05) is 0 Å². The van der Waals surface area contributed by atoms with Crippen LogP contribution in [0.25, 0.3) is 6.08 Å². The van der Waals surface area contributed by atoms with Crippen molar-refractivity contribution in [3.05, 3.63) is 40.5 Å². The third-order valence-electron chi connectivity index (χ3n) is 5.38. The molecule has 1 heteroatoms. The SMILES string of the molecule is CC1(C)CCC(C)(C)c2cc3c(cc21)C=CC3CCBr. The Hall–Kier alpha value is -0.560. The number of halogens is 1. The number of rotatable bonds is 2. The number of alkyl halides is 1. The van der Waals surface area contributed by atoms with Gasteiger partial charge in [-0.25, -0.2) is 0 Å². The molecule has 0 heterocycles. The van der Waals surface area contributed by atoms with Crippen molar-refractivity contribution in [2.45, 2.75) is 63.7 Å². The van der Waals surface area contributed by atoms with Crippen LogP contribution in [0.15, 0.2) is 18.2 Å². The lowest BCUT2D eigenvalue weighted by molar-refractivity contribution is 0.331. The first kappa shape index (κ1) is 14.4. The molecule has 0 aliphatic heterocycles. The topological polar surface area (TPSA) is 0 Å². The van der Waals surface area contributed by atoms with Crippen LogP contribution in [-0.4, -0.2) is 5.33 Å². The smallest absolute Gasteiger partial charge is 0.00401 e. The minimum absolute atomic E-state index is 0.321. The van der Waals surface area contributed by atoms with Gasteiger partial charge in [-0.15, -0.1) is 0 Å². The Morgan fingerprint density at radius 1 is 1.05 bits per heavy atom. The van der Waals surface area contributed by atoms with Crippen molar-refractivity contribution >= 4 is 22.0 Å². The first-order valence-electron chi connectivity index (χ1n) is 7.78. The second-order valence-corrected chi connectivity index (χ2v) is 8.53. The van der Waals surface area contributed by atoms with E-state index in [-0.39, 0.29) is 0 Å². The van der Waals surface area contributed by atoms with Crippen LogP contribution in [0.3, 0.4) is 0 Å².